The number of methoxy groups -OCH3 is 1. The number of halogens is 1. The predicted molar refractivity (Wildman–Crippen MR) is 124 cm³/mol. The second-order valence-electron chi connectivity index (χ2n) is 7.77. The van der Waals surface area contributed by atoms with Crippen LogP contribution < -0.4 is 10.1 Å². The van der Waals surface area contributed by atoms with Gasteiger partial charge in [0.25, 0.3) is 5.91 Å². The van der Waals surface area contributed by atoms with E-state index in [1.54, 1.807) is 30.2 Å². The molecule has 0 aliphatic carbocycles. The Hall–Kier alpha value is -3.13. The van der Waals surface area contributed by atoms with Crippen LogP contribution in [0.2, 0.25) is 5.15 Å². The first-order valence-corrected chi connectivity index (χ1v) is 11.3. The standard InChI is InChI=1S/C24H28ClN3O5/c1-3-4-14-28-21(30)12-11-17(22(28)16-8-5-6-10-19(16)32-2)24(31)33-15-20(29)27-18-9-7-13-26-23(18)25/h5-10,13,17,22H,3-4,11-12,14-15H2,1-2H3,(H,27,29). The molecule has 2 unspecified atom stereocenters. The number of anilines is 1. The van der Waals surface area contributed by atoms with E-state index in [2.05, 4.69) is 10.3 Å². The second kappa shape index (κ2) is 11.7. The third-order valence-electron chi connectivity index (χ3n) is 5.60. The highest BCUT2D eigenvalue weighted by Gasteiger charge is 2.42. The van der Waals surface area contributed by atoms with Gasteiger partial charge in [-0.05, 0) is 31.0 Å². The average molecular weight is 474 g/mol. The summed E-state index contributed by atoms with van der Waals surface area (Å²) in [6.45, 7) is 2.11. The van der Waals surface area contributed by atoms with Gasteiger partial charge >= 0.3 is 5.97 Å². The molecular formula is C24H28ClN3O5. The molecule has 2 heterocycles. The van der Waals surface area contributed by atoms with E-state index in [9.17, 15) is 14.4 Å². The maximum atomic E-state index is 13.1. The molecule has 0 saturated carbocycles. The van der Waals surface area contributed by atoms with Crippen molar-refractivity contribution in [1.29, 1.82) is 0 Å². The number of hydrogen-bond donors (Lipinski definition) is 1. The van der Waals surface area contributed by atoms with Crippen molar-refractivity contribution in [3.05, 3.63) is 53.3 Å². The van der Waals surface area contributed by atoms with Crippen molar-refractivity contribution in [2.75, 3.05) is 25.6 Å². The highest BCUT2D eigenvalue weighted by atomic mass is 35.5. The molecular weight excluding hydrogens is 446 g/mol. The van der Waals surface area contributed by atoms with E-state index in [1.165, 1.54) is 6.20 Å². The lowest BCUT2D eigenvalue weighted by atomic mass is 9.83. The minimum absolute atomic E-state index is 0.00707. The van der Waals surface area contributed by atoms with Gasteiger partial charge in [0, 0.05) is 24.7 Å². The van der Waals surface area contributed by atoms with Crippen molar-refractivity contribution in [2.24, 2.45) is 5.92 Å². The van der Waals surface area contributed by atoms with Crippen molar-refractivity contribution in [2.45, 2.75) is 38.6 Å². The highest BCUT2D eigenvalue weighted by molar-refractivity contribution is 6.32. The van der Waals surface area contributed by atoms with Gasteiger partial charge in [0.2, 0.25) is 5.91 Å². The SMILES string of the molecule is CCCCN1C(=O)CCC(C(=O)OCC(=O)Nc2cccnc2Cl)C1c1ccccc1OC. The van der Waals surface area contributed by atoms with Gasteiger partial charge in [0.15, 0.2) is 11.8 Å². The number of nitrogens with zero attached hydrogens (tertiary/aromatic N) is 2. The number of esters is 1. The van der Waals surface area contributed by atoms with Crippen LogP contribution in [0, 0.1) is 5.92 Å². The van der Waals surface area contributed by atoms with Crippen molar-refractivity contribution in [1.82, 2.24) is 9.88 Å². The number of benzene rings is 1. The van der Waals surface area contributed by atoms with E-state index in [0.717, 1.165) is 18.4 Å². The Morgan fingerprint density at radius 1 is 1.24 bits per heavy atom. The summed E-state index contributed by atoms with van der Waals surface area (Å²) in [5.74, 6) is -1.09. The number of amides is 2. The number of hydrogen-bond acceptors (Lipinski definition) is 6. The van der Waals surface area contributed by atoms with E-state index in [0.29, 0.717) is 24.4 Å². The van der Waals surface area contributed by atoms with E-state index >= 15 is 0 Å². The molecule has 9 heteroatoms. The number of pyridine rings is 1. The zero-order valence-electron chi connectivity index (χ0n) is 18.8. The van der Waals surface area contributed by atoms with Crippen LogP contribution in [0.5, 0.6) is 5.75 Å². The largest absolute Gasteiger partial charge is 0.496 e. The van der Waals surface area contributed by atoms with Crippen molar-refractivity contribution >= 4 is 35.1 Å². The summed E-state index contributed by atoms with van der Waals surface area (Å²) in [5.41, 5.74) is 1.08. The van der Waals surface area contributed by atoms with Crippen LogP contribution in [-0.4, -0.2) is 47.9 Å². The van der Waals surface area contributed by atoms with E-state index < -0.39 is 30.4 Å². The maximum absolute atomic E-state index is 13.1. The van der Waals surface area contributed by atoms with Gasteiger partial charge in [0.1, 0.15) is 5.75 Å². The summed E-state index contributed by atoms with van der Waals surface area (Å²) >= 11 is 5.96. The molecule has 1 aromatic heterocycles. The summed E-state index contributed by atoms with van der Waals surface area (Å²) in [4.78, 5) is 43.9. The Balaban J connectivity index is 1.78. The van der Waals surface area contributed by atoms with Crippen LogP contribution in [0.25, 0.3) is 0 Å². The summed E-state index contributed by atoms with van der Waals surface area (Å²) in [7, 11) is 1.56. The fraction of sp³-hybridized carbons (Fsp3) is 0.417. The van der Waals surface area contributed by atoms with Gasteiger partial charge in [-0.1, -0.05) is 43.1 Å². The highest BCUT2D eigenvalue weighted by Crippen LogP contribution is 2.41. The lowest BCUT2D eigenvalue weighted by Crippen LogP contribution is -2.46. The van der Waals surface area contributed by atoms with Crippen molar-refractivity contribution < 1.29 is 23.9 Å². The Morgan fingerprint density at radius 2 is 2.03 bits per heavy atom. The number of carbonyl (C=O) groups excluding carboxylic acids is 3. The Labute approximate surface area is 198 Å². The molecule has 1 N–H and O–H groups in total. The van der Waals surface area contributed by atoms with Gasteiger partial charge < -0.3 is 19.7 Å². The van der Waals surface area contributed by atoms with Crippen LogP contribution in [0.4, 0.5) is 5.69 Å². The molecule has 33 heavy (non-hydrogen) atoms. The zero-order chi connectivity index (χ0) is 23.8. The maximum Gasteiger partial charge on any atom is 0.311 e. The van der Waals surface area contributed by atoms with E-state index in [4.69, 9.17) is 21.1 Å². The third kappa shape index (κ3) is 6.01. The van der Waals surface area contributed by atoms with Gasteiger partial charge in [-0.15, -0.1) is 0 Å². The Bertz CT molecular complexity index is 1000. The second-order valence-corrected chi connectivity index (χ2v) is 8.13. The van der Waals surface area contributed by atoms with Crippen LogP contribution in [0.3, 0.4) is 0 Å². The number of rotatable bonds is 9. The molecule has 3 rings (SSSR count). The summed E-state index contributed by atoms with van der Waals surface area (Å²) in [6, 6.07) is 10.1. The number of para-hydroxylation sites is 1. The number of ether oxygens (including phenoxy) is 2. The molecule has 1 fully saturated rings. The average Bonchev–Trinajstić information content (AvgIpc) is 2.83. The molecule has 2 amide bonds. The Kier molecular flexibility index (Phi) is 8.65. The molecule has 1 aromatic carbocycles. The third-order valence-corrected chi connectivity index (χ3v) is 5.90. The zero-order valence-corrected chi connectivity index (χ0v) is 19.5. The van der Waals surface area contributed by atoms with Crippen molar-refractivity contribution in [3.8, 4) is 5.75 Å². The van der Waals surface area contributed by atoms with Crippen LogP contribution in [0.15, 0.2) is 42.6 Å². The fourth-order valence-corrected chi connectivity index (χ4v) is 4.16. The number of nitrogens with one attached hydrogen (secondary N) is 1. The van der Waals surface area contributed by atoms with Gasteiger partial charge in [-0.2, -0.15) is 0 Å². The lowest BCUT2D eigenvalue weighted by Gasteiger charge is -2.40. The predicted octanol–water partition coefficient (Wildman–Crippen LogP) is 4.01. The lowest BCUT2D eigenvalue weighted by molar-refractivity contribution is -0.159. The van der Waals surface area contributed by atoms with Crippen LogP contribution in [-0.2, 0) is 19.1 Å². The first-order valence-electron chi connectivity index (χ1n) is 11.0. The van der Waals surface area contributed by atoms with E-state index in [-0.39, 0.29) is 17.5 Å². The normalized spacial score (nSPS) is 18.0. The molecule has 0 spiro atoms. The Morgan fingerprint density at radius 3 is 2.76 bits per heavy atom. The number of unbranched alkanes of at least 4 members (excludes halogenated alkanes) is 1. The minimum atomic E-state index is -0.620. The monoisotopic (exact) mass is 473 g/mol. The smallest absolute Gasteiger partial charge is 0.311 e. The first-order chi connectivity index (χ1) is 16.0. The van der Waals surface area contributed by atoms with Gasteiger partial charge in [-0.25, -0.2) is 4.98 Å². The van der Waals surface area contributed by atoms with Crippen molar-refractivity contribution in [3.63, 3.8) is 0 Å². The molecule has 1 saturated heterocycles. The fourth-order valence-electron chi connectivity index (χ4n) is 4.00. The molecule has 1 aliphatic rings. The minimum Gasteiger partial charge on any atom is -0.496 e. The van der Waals surface area contributed by atoms with Gasteiger partial charge in [0.05, 0.1) is 24.8 Å². The summed E-state index contributed by atoms with van der Waals surface area (Å²) in [6.07, 6.45) is 3.80. The molecule has 0 bridgehead atoms. The number of piperidine rings is 1. The molecule has 0 radical (unpaired) electrons. The molecule has 8 nitrogen and oxygen atoms in total. The van der Waals surface area contributed by atoms with Crippen LogP contribution >= 0.6 is 11.6 Å². The summed E-state index contributed by atoms with van der Waals surface area (Å²) < 4.78 is 10.9. The van der Waals surface area contributed by atoms with Crippen LogP contribution in [0.1, 0.15) is 44.2 Å². The molecule has 1 aliphatic heterocycles. The van der Waals surface area contributed by atoms with Gasteiger partial charge in [-0.3, -0.25) is 14.4 Å². The number of aromatic nitrogens is 1. The number of likely N-dealkylation sites (tertiary alicyclic amines) is 1. The molecule has 176 valence electrons. The molecule has 2 aromatic rings. The quantitative estimate of drug-likeness (QED) is 0.436. The first kappa shape index (κ1) is 24.5. The molecule has 2 atom stereocenters. The van der Waals surface area contributed by atoms with E-state index in [1.807, 2.05) is 25.1 Å². The summed E-state index contributed by atoms with van der Waals surface area (Å²) in [5, 5.41) is 2.72. The number of carbonyl (C=O) groups is 3. The topological polar surface area (TPSA) is 97.8 Å².